The highest BCUT2D eigenvalue weighted by molar-refractivity contribution is 7.99. The molecule has 7 heteroatoms. The first-order valence-electron chi connectivity index (χ1n) is 12.1. The molecule has 0 aliphatic heterocycles. The predicted octanol–water partition coefficient (Wildman–Crippen LogP) is 6.88. The topological polar surface area (TPSA) is 69.0 Å². The number of hydrogen-bond acceptors (Lipinski definition) is 5. The van der Waals surface area contributed by atoms with Gasteiger partial charge in [-0.3, -0.25) is 9.36 Å². The van der Waals surface area contributed by atoms with Crippen molar-refractivity contribution in [3.05, 3.63) is 95.3 Å². The maximum absolute atomic E-state index is 12.7. The van der Waals surface area contributed by atoms with Crippen LogP contribution in [0, 0.1) is 13.8 Å². The predicted molar refractivity (Wildman–Crippen MR) is 146 cm³/mol. The summed E-state index contributed by atoms with van der Waals surface area (Å²) in [4.78, 5) is 12.7. The second-order valence-corrected chi connectivity index (χ2v) is 10.0. The van der Waals surface area contributed by atoms with E-state index in [2.05, 4.69) is 41.5 Å². The molecule has 0 bridgehead atoms. The Bertz CT molecular complexity index is 1320. The summed E-state index contributed by atoms with van der Waals surface area (Å²) in [6.45, 7) is 10.3. The summed E-state index contributed by atoms with van der Waals surface area (Å²) < 4.78 is 8.19. The van der Waals surface area contributed by atoms with E-state index in [1.807, 2.05) is 86.0 Å². The number of para-hydroxylation sites is 1. The molecular formula is C29H32N4O2S. The van der Waals surface area contributed by atoms with Crippen LogP contribution in [0.2, 0.25) is 0 Å². The molecule has 4 rings (SSSR count). The number of ether oxygens (including phenoxy) is 1. The van der Waals surface area contributed by atoms with Crippen LogP contribution in [0.5, 0.6) is 5.75 Å². The Labute approximate surface area is 217 Å². The van der Waals surface area contributed by atoms with Gasteiger partial charge in [0.1, 0.15) is 5.75 Å². The quantitative estimate of drug-likeness (QED) is 0.254. The van der Waals surface area contributed by atoms with Gasteiger partial charge >= 0.3 is 0 Å². The van der Waals surface area contributed by atoms with Crippen LogP contribution in [-0.2, 0) is 4.79 Å². The minimum absolute atomic E-state index is 0.0904. The Balaban J connectivity index is 1.53. The molecule has 1 N–H and O–H groups in total. The standard InChI is InChI=1S/C29H32N4O2S/c1-19(2)23-14-16-25(17-15-23)35-22(5)28-31-32-29(33(28)24-11-7-6-8-12-24)36-18-27(34)30-26-13-9-10-20(3)21(26)4/h6-17,19,22H,18H2,1-5H3,(H,30,34). The van der Waals surface area contributed by atoms with E-state index in [1.54, 1.807) is 0 Å². The van der Waals surface area contributed by atoms with Gasteiger partial charge in [0.15, 0.2) is 17.1 Å². The first-order chi connectivity index (χ1) is 17.3. The minimum Gasteiger partial charge on any atom is -0.483 e. The Morgan fingerprint density at radius 1 is 0.944 bits per heavy atom. The molecule has 0 saturated heterocycles. The van der Waals surface area contributed by atoms with Gasteiger partial charge in [-0.1, -0.05) is 68.1 Å². The van der Waals surface area contributed by atoms with Gasteiger partial charge in [-0.2, -0.15) is 0 Å². The van der Waals surface area contributed by atoms with Gasteiger partial charge in [-0.05, 0) is 73.7 Å². The molecule has 6 nitrogen and oxygen atoms in total. The van der Waals surface area contributed by atoms with Crippen molar-refractivity contribution >= 4 is 23.4 Å². The number of thioether (sulfide) groups is 1. The number of carbonyl (C=O) groups is 1. The number of carbonyl (C=O) groups excluding carboxylic acids is 1. The fourth-order valence-electron chi connectivity index (χ4n) is 3.85. The average molecular weight is 501 g/mol. The fraction of sp³-hybridized carbons (Fsp3) is 0.276. The molecule has 1 heterocycles. The summed E-state index contributed by atoms with van der Waals surface area (Å²) in [6, 6.07) is 23.9. The highest BCUT2D eigenvalue weighted by atomic mass is 32.2. The summed E-state index contributed by atoms with van der Waals surface area (Å²) in [6.07, 6.45) is -0.347. The van der Waals surface area contributed by atoms with E-state index in [0.717, 1.165) is 28.3 Å². The third-order valence-electron chi connectivity index (χ3n) is 6.11. The summed E-state index contributed by atoms with van der Waals surface area (Å²) in [5.41, 5.74) is 5.22. The summed E-state index contributed by atoms with van der Waals surface area (Å²) in [5.74, 6) is 2.03. The molecule has 1 amide bonds. The van der Waals surface area contributed by atoms with E-state index in [9.17, 15) is 4.79 Å². The molecule has 1 unspecified atom stereocenters. The van der Waals surface area contributed by atoms with Gasteiger partial charge in [0, 0.05) is 11.4 Å². The van der Waals surface area contributed by atoms with E-state index in [0.29, 0.717) is 16.9 Å². The van der Waals surface area contributed by atoms with Crippen molar-refractivity contribution in [2.24, 2.45) is 0 Å². The van der Waals surface area contributed by atoms with E-state index < -0.39 is 0 Å². The van der Waals surface area contributed by atoms with Gasteiger partial charge in [-0.25, -0.2) is 0 Å². The molecule has 3 aromatic carbocycles. The SMILES string of the molecule is Cc1cccc(NC(=O)CSc2nnc(C(C)Oc3ccc(C(C)C)cc3)n2-c2ccccc2)c1C. The van der Waals surface area contributed by atoms with Gasteiger partial charge in [0.25, 0.3) is 0 Å². The zero-order valence-corrected chi connectivity index (χ0v) is 22.2. The highest BCUT2D eigenvalue weighted by Crippen LogP contribution is 2.29. The number of rotatable bonds is 9. The van der Waals surface area contributed by atoms with Crippen LogP contribution in [0.1, 0.15) is 55.3 Å². The monoisotopic (exact) mass is 500 g/mol. The van der Waals surface area contributed by atoms with E-state index in [1.165, 1.54) is 17.3 Å². The van der Waals surface area contributed by atoms with Crippen molar-refractivity contribution in [2.75, 3.05) is 11.1 Å². The lowest BCUT2D eigenvalue weighted by atomic mass is 10.0. The van der Waals surface area contributed by atoms with Crippen LogP contribution >= 0.6 is 11.8 Å². The van der Waals surface area contributed by atoms with Gasteiger partial charge < -0.3 is 10.1 Å². The second-order valence-electron chi connectivity index (χ2n) is 9.08. The summed E-state index contributed by atoms with van der Waals surface area (Å²) in [5, 5.41) is 12.5. The van der Waals surface area contributed by atoms with Crippen LogP contribution in [0.25, 0.3) is 5.69 Å². The first-order valence-corrected chi connectivity index (χ1v) is 13.1. The molecule has 0 fully saturated rings. The molecule has 0 spiro atoms. The number of nitrogens with one attached hydrogen (secondary N) is 1. The highest BCUT2D eigenvalue weighted by Gasteiger charge is 2.22. The third kappa shape index (κ3) is 5.97. The fourth-order valence-corrected chi connectivity index (χ4v) is 4.61. The van der Waals surface area contributed by atoms with Gasteiger partial charge in [-0.15, -0.1) is 10.2 Å². The van der Waals surface area contributed by atoms with Crippen molar-refractivity contribution in [1.82, 2.24) is 14.8 Å². The first kappa shape index (κ1) is 25.5. The number of benzene rings is 3. The molecular weight excluding hydrogens is 468 g/mol. The molecule has 4 aromatic rings. The van der Waals surface area contributed by atoms with Crippen LogP contribution in [0.15, 0.2) is 78.0 Å². The molecule has 36 heavy (non-hydrogen) atoms. The number of aromatic nitrogens is 3. The van der Waals surface area contributed by atoms with Crippen molar-refractivity contribution in [1.29, 1.82) is 0 Å². The maximum Gasteiger partial charge on any atom is 0.234 e. The molecule has 0 aliphatic carbocycles. The van der Waals surface area contributed by atoms with Crippen molar-refractivity contribution < 1.29 is 9.53 Å². The van der Waals surface area contributed by atoms with Crippen LogP contribution in [-0.4, -0.2) is 26.4 Å². The van der Waals surface area contributed by atoms with Crippen molar-refractivity contribution in [2.45, 2.75) is 51.8 Å². The number of anilines is 1. The Morgan fingerprint density at radius 2 is 1.67 bits per heavy atom. The summed E-state index contributed by atoms with van der Waals surface area (Å²) in [7, 11) is 0. The zero-order chi connectivity index (χ0) is 25.7. The smallest absolute Gasteiger partial charge is 0.234 e. The lowest BCUT2D eigenvalue weighted by molar-refractivity contribution is -0.113. The molecule has 1 aromatic heterocycles. The molecule has 0 saturated carbocycles. The van der Waals surface area contributed by atoms with E-state index in [4.69, 9.17) is 4.74 Å². The number of hydrogen-bond donors (Lipinski definition) is 1. The maximum atomic E-state index is 12.7. The number of nitrogens with zero attached hydrogens (tertiary/aromatic N) is 3. The summed E-state index contributed by atoms with van der Waals surface area (Å²) >= 11 is 1.35. The van der Waals surface area contributed by atoms with Crippen LogP contribution in [0.4, 0.5) is 5.69 Å². The molecule has 0 aliphatic rings. The van der Waals surface area contributed by atoms with E-state index in [-0.39, 0.29) is 17.8 Å². The average Bonchev–Trinajstić information content (AvgIpc) is 3.30. The van der Waals surface area contributed by atoms with E-state index >= 15 is 0 Å². The molecule has 1 atom stereocenters. The minimum atomic E-state index is -0.347. The van der Waals surface area contributed by atoms with Gasteiger partial charge in [0.05, 0.1) is 5.75 Å². The van der Waals surface area contributed by atoms with Gasteiger partial charge in [0.2, 0.25) is 5.91 Å². The van der Waals surface area contributed by atoms with Crippen molar-refractivity contribution in [3.8, 4) is 11.4 Å². The Hall–Kier alpha value is -3.58. The molecule has 186 valence electrons. The third-order valence-corrected chi connectivity index (χ3v) is 7.04. The zero-order valence-electron chi connectivity index (χ0n) is 21.4. The molecule has 0 radical (unpaired) electrons. The van der Waals surface area contributed by atoms with Crippen LogP contribution in [0.3, 0.4) is 0 Å². The Kier molecular flexibility index (Phi) is 8.10. The second kappa shape index (κ2) is 11.4. The van der Waals surface area contributed by atoms with Crippen LogP contribution < -0.4 is 10.1 Å². The normalized spacial score (nSPS) is 11.9. The number of aryl methyl sites for hydroxylation is 1. The number of amides is 1. The lowest BCUT2D eigenvalue weighted by Crippen LogP contribution is -2.16. The van der Waals surface area contributed by atoms with Crippen molar-refractivity contribution in [3.63, 3.8) is 0 Å². The largest absolute Gasteiger partial charge is 0.483 e. The lowest BCUT2D eigenvalue weighted by Gasteiger charge is -2.17. The Morgan fingerprint density at radius 3 is 2.36 bits per heavy atom.